The lowest BCUT2D eigenvalue weighted by atomic mass is 10.1. The Balaban J connectivity index is 2.11. The van der Waals surface area contributed by atoms with Crippen LogP contribution in [0.1, 0.15) is 58.8 Å². The summed E-state index contributed by atoms with van der Waals surface area (Å²) in [7, 11) is 0. The number of unbranched alkanes of at least 4 members (excludes halogenated alkanes) is 6. The normalized spacial score (nSPS) is 12.0. The molecule has 0 heterocycles. The third kappa shape index (κ3) is 8.28. The summed E-state index contributed by atoms with van der Waals surface area (Å²) in [4.78, 5) is 11.9. The van der Waals surface area contributed by atoms with Gasteiger partial charge in [-0.2, -0.15) is 0 Å². The summed E-state index contributed by atoms with van der Waals surface area (Å²) in [5.74, 6) is 0.539. The Labute approximate surface area is 139 Å². The van der Waals surface area contributed by atoms with Crippen molar-refractivity contribution in [3.05, 3.63) is 29.3 Å². The second-order valence-electron chi connectivity index (χ2n) is 5.63. The van der Waals surface area contributed by atoms with E-state index in [-0.39, 0.29) is 5.91 Å². The molecule has 0 aliphatic carbocycles. The average Bonchev–Trinajstić information content (AvgIpc) is 2.49. The van der Waals surface area contributed by atoms with Crippen molar-refractivity contribution < 1.29 is 9.53 Å². The minimum absolute atomic E-state index is 0.0778. The van der Waals surface area contributed by atoms with Gasteiger partial charge in [0.25, 0.3) is 5.91 Å². The molecule has 0 bridgehead atoms. The molecule has 0 aromatic heterocycles. The molecule has 4 heteroatoms. The lowest BCUT2D eigenvalue weighted by Crippen LogP contribution is -2.36. The van der Waals surface area contributed by atoms with Crippen LogP contribution >= 0.6 is 11.6 Å². The molecule has 0 saturated carbocycles. The molecule has 0 saturated heterocycles. The standard InChI is InChI=1S/C18H28ClNO2/c1-3-4-5-6-7-8-9-13-20-18(21)15(2)22-17-12-10-11-16(19)14-17/h10-12,14-15H,3-9,13H2,1-2H3,(H,20,21). The van der Waals surface area contributed by atoms with Crippen LogP contribution in [0.15, 0.2) is 24.3 Å². The lowest BCUT2D eigenvalue weighted by Gasteiger charge is -2.14. The number of hydrogen-bond acceptors (Lipinski definition) is 2. The van der Waals surface area contributed by atoms with Crippen LogP contribution in [0, 0.1) is 0 Å². The second-order valence-corrected chi connectivity index (χ2v) is 6.07. The molecule has 1 rings (SSSR count). The quantitative estimate of drug-likeness (QED) is 0.583. The molecule has 0 fully saturated rings. The molecule has 0 spiro atoms. The molecule has 3 nitrogen and oxygen atoms in total. The summed E-state index contributed by atoms with van der Waals surface area (Å²) >= 11 is 5.89. The van der Waals surface area contributed by atoms with Gasteiger partial charge in [-0.1, -0.05) is 63.1 Å². The minimum Gasteiger partial charge on any atom is -0.481 e. The van der Waals surface area contributed by atoms with Gasteiger partial charge in [-0.15, -0.1) is 0 Å². The summed E-state index contributed by atoms with van der Waals surface area (Å²) in [5, 5.41) is 3.53. The molecule has 1 unspecified atom stereocenters. The van der Waals surface area contributed by atoms with E-state index in [2.05, 4.69) is 12.2 Å². The minimum atomic E-state index is -0.511. The van der Waals surface area contributed by atoms with Crippen molar-refractivity contribution in [2.45, 2.75) is 64.9 Å². The number of nitrogens with one attached hydrogen (secondary N) is 1. The molecule has 22 heavy (non-hydrogen) atoms. The molecule has 1 aromatic carbocycles. The highest BCUT2D eigenvalue weighted by atomic mass is 35.5. The van der Waals surface area contributed by atoms with Crippen molar-refractivity contribution in [1.82, 2.24) is 5.32 Å². The summed E-state index contributed by atoms with van der Waals surface area (Å²) in [6, 6.07) is 7.09. The van der Waals surface area contributed by atoms with E-state index in [1.807, 2.05) is 0 Å². The molecule has 0 aliphatic heterocycles. The molecule has 1 atom stereocenters. The van der Waals surface area contributed by atoms with E-state index in [1.165, 1.54) is 38.5 Å². The smallest absolute Gasteiger partial charge is 0.260 e. The van der Waals surface area contributed by atoms with Crippen molar-refractivity contribution >= 4 is 17.5 Å². The Bertz CT molecular complexity index is 437. The van der Waals surface area contributed by atoms with Crippen LogP contribution in [0.25, 0.3) is 0 Å². The van der Waals surface area contributed by atoms with Gasteiger partial charge in [-0.25, -0.2) is 0 Å². The van der Waals surface area contributed by atoms with Gasteiger partial charge in [0.15, 0.2) is 6.10 Å². The van der Waals surface area contributed by atoms with Gasteiger partial charge in [-0.3, -0.25) is 4.79 Å². The van der Waals surface area contributed by atoms with Crippen LogP contribution in [0.5, 0.6) is 5.75 Å². The second kappa shape index (κ2) is 11.4. The molecule has 0 aliphatic rings. The fourth-order valence-corrected chi connectivity index (χ4v) is 2.42. The van der Waals surface area contributed by atoms with Crippen molar-refractivity contribution in [3.8, 4) is 5.75 Å². The number of halogens is 1. The lowest BCUT2D eigenvalue weighted by molar-refractivity contribution is -0.127. The number of rotatable bonds is 11. The van der Waals surface area contributed by atoms with Gasteiger partial charge in [0.05, 0.1) is 0 Å². The number of carbonyl (C=O) groups is 1. The van der Waals surface area contributed by atoms with Crippen molar-refractivity contribution in [2.75, 3.05) is 6.54 Å². The fourth-order valence-electron chi connectivity index (χ4n) is 2.24. The average molecular weight is 326 g/mol. The zero-order chi connectivity index (χ0) is 16.2. The van der Waals surface area contributed by atoms with Crippen LogP contribution in [-0.2, 0) is 4.79 Å². The van der Waals surface area contributed by atoms with Gasteiger partial charge < -0.3 is 10.1 Å². The van der Waals surface area contributed by atoms with Crippen molar-refractivity contribution in [3.63, 3.8) is 0 Å². The number of benzene rings is 1. The summed E-state index contributed by atoms with van der Waals surface area (Å²) < 4.78 is 5.58. The first-order chi connectivity index (χ1) is 10.6. The Morgan fingerprint density at radius 2 is 1.86 bits per heavy atom. The van der Waals surface area contributed by atoms with Gasteiger partial charge >= 0.3 is 0 Å². The maximum atomic E-state index is 11.9. The molecular formula is C18H28ClNO2. The molecular weight excluding hydrogens is 298 g/mol. The Hall–Kier alpha value is -1.22. The van der Waals surface area contributed by atoms with E-state index < -0.39 is 6.10 Å². The first kappa shape index (κ1) is 18.8. The fraction of sp³-hybridized carbons (Fsp3) is 0.611. The Kier molecular flexibility index (Phi) is 9.72. The number of hydrogen-bond donors (Lipinski definition) is 1. The highest BCUT2D eigenvalue weighted by Crippen LogP contribution is 2.18. The molecule has 1 amide bonds. The first-order valence-electron chi connectivity index (χ1n) is 8.33. The van der Waals surface area contributed by atoms with Crippen LogP contribution in [0.3, 0.4) is 0 Å². The predicted octanol–water partition coefficient (Wildman–Crippen LogP) is 4.97. The van der Waals surface area contributed by atoms with Gasteiger partial charge in [0, 0.05) is 11.6 Å². The maximum Gasteiger partial charge on any atom is 0.260 e. The third-order valence-corrected chi connectivity index (χ3v) is 3.79. The van der Waals surface area contributed by atoms with Crippen LogP contribution in [0.2, 0.25) is 5.02 Å². The van der Waals surface area contributed by atoms with E-state index in [9.17, 15) is 4.79 Å². The summed E-state index contributed by atoms with van der Waals surface area (Å²) in [6.45, 7) is 4.69. The number of amides is 1. The third-order valence-electron chi connectivity index (χ3n) is 3.56. The highest BCUT2D eigenvalue weighted by Gasteiger charge is 2.13. The summed E-state index contributed by atoms with van der Waals surface area (Å²) in [6.07, 6.45) is 8.18. The number of ether oxygens (including phenoxy) is 1. The maximum absolute atomic E-state index is 11.9. The molecule has 0 radical (unpaired) electrons. The van der Waals surface area contributed by atoms with E-state index in [0.717, 1.165) is 13.0 Å². The van der Waals surface area contributed by atoms with Crippen LogP contribution < -0.4 is 10.1 Å². The summed E-state index contributed by atoms with van der Waals surface area (Å²) in [5.41, 5.74) is 0. The Morgan fingerprint density at radius 3 is 2.55 bits per heavy atom. The molecule has 124 valence electrons. The zero-order valence-corrected chi connectivity index (χ0v) is 14.5. The van der Waals surface area contributed by atoms with Gasteiger partial charge in [-0.05, 0) is 31.5 Å². The van der Waals surface area contributed by atoms with E-state index >= 15 is 0 Å². The van der Waals surface area contributed by atoms with Gasteiger partial charge in [0.2, 0.25) is 0 Å². The number of carbonyl (C=O) groups excluding carboxylic acids is 1. The van der Waals surface area contributed by atoms with E-state index in [4.69, 9.17) is 16.3 Å². The predicted molar refractivity (Wildman–Crippen MR) is 92.5 cm³/mol. The highest BCUT2D eigenvalue weighted by molar-refractivity contribution is 6.30. The van der Waals surface area contributed by atoms with Crippen LogP contribution in [0.4, 0.5) is 0 Å². The van der Waals surface area contributed by atoms with E-state index in [0.29, 0.717) is 10.8 Å². The van der Waals surface area contributed by atoms with Crippen molar-refractivity contribution in [2.24, 2.45) is 0 Å². The van der Waals surface area contributed by atoms with Crippen molar-refractivity contribution in [1.29, 1.82) is 0 Å². The zero-order valence-electron chi connectivity index (χ0n) is 13.7. The Morgan fingerprint density at radius 1 is 1.18 bits per heavy atom. The largest absolute Gasteiger partial charge is 0.481 e. The van der Waals surface area contributed by atoms with E-state index in [1.54, 1.807) is 31.2 Å². The molecule has 1 aromatic rings. The molecule has 1 N–H and O–H groups in total. The van der Waals surface area contributed by atoms with Crippen LogP contribution in [-0.4, -0.2) is 18.6 Å². The topological polar surface area (TPSA) is 38.3 Å². The SMILES string of the molecule is CCCCCCCCCNC(=O)C(C)Oc1cccc(Cl)c1. The first-order valence-corrected chi connectivity index (χ1v) is 8.71. The monoisotopic (exact) mass is 325 g/mol. The van der Waals surface area contributed by atoms with Gasteiger partial charge in [0.1, 0.15) is 5.75 Å².